The smallest absolute Gasteiger partial charge is 0.269 e. The molecule has 1 saturated carbocycles. The van der Waals surface area contributed by atoms with Crippen molar-refractivity contribution in [3.63, 3.8) is 0 Å². The third-order valence-electron chi connectivity index (χ3n) is 7.06. The Balaban J connectivity index is 1.52. The van der Waals surface area contributed by atoms with Gasteiger partial charge in [-0.15, -0.1) is 0 Å². The molecular formula is C26H29ClFN5O3. The molecular weight excluding hydrogens is 485 g/mol. The Kier molecular flexibility index (Phi) is 7.59. The van der Waals surface area contributed by atoms with Gasteiger partial charge in [0.05, 0.1) is 17.1 Å². The number of primary amides is 1. The van der Waals surface area contributed by atoms with Crippen LogP contribution in [0.4, 0.5) is 4.39 Å². The predicted octanol–water partition coefficient (Wildman–Crippen LogP) is 3.65. The first kappa shape index (κ1) is 25.6. The van der Waals surface area contributed by atoms with Gasteiger partial charge in [-0.25, -0.2) is 4.39 Å². The third kappa shape index (κ3) is 5.36. The van der Waals surface area contributed by atoms with Crippen molar-refractivity contribution in [3.8, 4) is 0 Å². The van der Waals surface area contributed by atoms with E-state index in [1.54, 1.807) is 36.4 Å². The lowest BCUT2D eigenvalue weighted by molar-refractivity contribution is -0.139. The molecule has 3 aromatic rings. The summed E-state index contributed by atoms with van der Waals surface area (Å²) in [7, 11) is 0. The molecule has 1 fully saturated rings. The van der Waals surface area contributed by atoms with E-state index >= 15 is 0 Å². The number of halogens is 2. The summed E-state index contributed by atoms with van der Waals surface area (Å²) in [5.74, 6) is -1.97. The molecule has 1 aliphatic carbocycles. The van der Waals surface area contributed by atoms with Crippen molar-refractivity contribution in [2.45, 2.75) is 45.7 Å². The number of para-hydroxylation sites is 1. The van der Waals surface area contributed by atoms with Gasteiger partial charge < -0.3 is 16.0 Å². The summed E-state index contributed by atoms with van der Waals surface area (Å²) in [6.07, 6.45) is 3.95. The van der Waals surface area contributed by atoms with Gasteiger partial charge in [-0.05, 0) is 36.8 Å². The van der Waals surface area contributed by atoms with Crippen LogP contribution in [0.15, 0.2) is 42.5 Å². The van der Waals surface area contributed by atoms with E-state index in [4.69, 9.17) is 17.3 Å². The number of aromatic nitrogens is 2. The number of hydrogen-bond acceptors (Lipinski definition) is 4. The average Bonchev–Trinajstić information content (AvgIpc) is 3.20. The second-order valence-corrected chi connectivity index (χ2v) is 9.74. The molecule has 1 aromatic heterocycles. The van der Waals surface area contributed by atoms with Gasteiger partial charge in [0, 0.05) is 24.0 Å². The molecule has 3 N–H and O–H groups in total. The zero-order chi connectivity index (χ0) is 25.9. The van der Waals surface area contributed by atoms with Gasteiger partial charge in [-0.3, -0.25) is 19.1 Å². The van der Waals surface area contributed by atoms with E-state index in [0.717, 1.165) is 25.7 Å². The topological polar surface area (TPSA) is 110 Å². The highest BCUT2D eigenvalue weighted by atomic mass is 35.5. The molecule has 1 heterocycles. The molecule has 0 spiro atoms. The van der Waals surface area contributed by atoms with E-state index in [-0.39, 0.29) is 47.2 Å². The van der Waals surface area contributed by atoms with Gasteiger partial charge >= 0.3 is 0 Å². The molecule has 4 rings (SSSR count). The molecule has 0 atom stereocenters. The number of nitrogens with zero attached hydrogens (tertiary/aromatic N) is 3. The van der Waals surface area contributed by atoms with Crippen LogP contribution in [0.25, 0.3) is 10.9 Å². The maximum absolute atomic E-state index is 14.2. The number of hydrogen-bond donors (Lipinski definition) is 2. The quantitative estimate of drug-likeness (QED) is 0.431. The fourth-order valence-corrected chi connectivity index (χ4v) is 4.90. The zero-order valence-electron chi connectivity index (χ0n) is 20.1. The molecule has 0 radical (unpaired) electrons. The van der Waals surface area contributed by atoms with Crippen LogP contribution in [-0.2, 0) is 22.7 Å². The Morgan fingerprint density at radius 3 is 2.61 bits per heavy atom. The molecule has 0 saturated heterocycles. The van der Waals surface area contributed by atoms with Gasteiger partial charge in [-0.1, -0.05) is 55.3 Å². The number of benzene rings is 2. The number of nitrogens with two attached hydrogens (primary N) is 1. The van der Waals surface area contributed by atoms with Crippen molar-refractivity contribution in [3.05, 3.63) is 64.6 Å². The summed E-state index contributed by atoms with van der Waals surface area (Å²) >= 11 is 5.83. The first-order chi connectivity index (χ1) is 17.2. The summed E-state index contributed by atoms with van der Waals surface area (Å²) in [6.45, 7) is 2.15. The molecule has 1 aliphatic rings. The van der Waals surface area contributed by atoms with Crippen molar-refractivity contribution < 1.29 is 18.8 Å². The highest BCUT2D eigenvalue weighted by Crippen LogP contribution is 2.44. The highest BCUT2D eigenvalue weighted by Gasteiger charge is 2.38. The first-order valence-electron chi connectivity index (χ1n) is 12.0. The van der Waals surface area contributed by atoms with E-state index in [0.29, 0.717) is 17.4 Å². The average molecular weight is 514 g/mol. The van der Waals surface area contributed by atoms with E-state index in [1.165, 1.54) is 15.6 Å². The van der Waals surface area contributed by atoms with Crippen LogP contribution >= 0.6 is 11.6 Å². The fourth-order valence-electron chi connectivity index (χ4n) is 4.70. The van der Waals surface area contributed by atoms with Crippen molar-refractivity contribution >= 4 is 40.2 Å². The molecule has 36 heavy (non-hydrogen) atoms. The Morgan fingerprint density at radius 2 is 1.94 bits per heavy atom. The van der Waals surface area contributed by atoms with Crippen LogP contribution in [0.2, 0.25) is 5.02 Å². The maximum Gasteiger partial charge on any atom is 0.269 e. The van der Waals surface area contributed by atoms with E-state index in [9.17, 15) is 18.8 Å². The highest BCUT2D eigenvalue weighted by molar-refractivity contribution is 6.30. The van der Waals surface area contributed by atoms with Crippen LogP contribution in [0, 0.1) is 11.2 Å². The summed E-state index contributed by atoms with van der Waals surface area (Å²) < 4.78 is 15.7. The molecule has 10 heteroatoms. The second kappa shape index (κ2) is 10.7. The minimum atomic E-state index is -0.679. The minimum Gasteiger partial charge on any atom is -0.364 e. The summed E-state index contributed by atoms with van der Waals surface area (Å²) in [5.41, 5.74) is 6.41. The number of nitrogens with one attached hydrogen (secondary N) is 1. The van der Waals surface area contributed by atoms with E-state index in [2.05, 4.69) is 17.3 Å². The lowest BCUT2D eigenvalue weighted by atomic mass is 9.66. The van der Waals surface area contributed by atoms with Gasteiger partial charge in [0.1, 0.15) is 12.4 Å². The van der Waals surface area contributed by atoms with Crippen molar-refractivity contribution in [1.82, 2.24) is 20.0 Å². The van der Waals surface area contributed by atoms with Crippen molar-refractivity contribution in [1.29, 1.82) is 0 Å². The van der Waals surface area contributed by atoms with Gasteiger partial charge in [0.15, 0.2) is 5.69 Å². The second-order valence-electron chi connectivity index (χ2n) is 9.33. The molecule has 0 bridgehead atoms. The normalized spacial score (nSPS) is 14.3. The lowest BCUT2D eigenvalue weighted by Crippen LogP contribution is -2.49. The Labute approximate surface area is 213 Å². The SMILES string of the molecule is CCC1(CN(CC(=O)NCc2cccc(Cl)c2F)C(=O)Cn2nc(C(N)=O)c3ccccc32)CCC1. The van der Waals surface area contributed by atoms with Crippen molar-refractivity contribution in [2.75, 3.05) is 13.1 Å². The van der Waals surface area contributed by atoms with Crippen LogP contribution in [0.5, 0.6) is 0 Å². The van der Waals surface area contributed by atoms with Crippen LogP contribution in [-0.4, -0.2) is 45.5 Å². The van der Waals surface area contributed by atoms with Gasteiger partial charge in [-0.2, -0.15) is 5.10 Å². The van der Waals surface area contributed by atoms with Crippen molar-refractivity contribution in [2.24, 2.45) is 11.1 Å². The third-order valence-corrected chi connectivity index (χ3v) is 7.35. The Bertz CT molecular complexity index is 1300. The van der Waals surface area contributed by atoms with Gasteiger partial charge in [0.25, 0.3) is 5.91 Å². The first-order valence-corrected chi connectivity index (χ1v) is 12.3. The monoisotopic (exact) mass is 513 g/mol. The largest absolute Gasteiger partial charge is 0.364 e. The Morgan fingerprint density at radius 1 is 1.19 bits per heavy atom. The van der Waals surface area contributed by atoms with Crippen LogP contribution < -0.4 is 11.1 Å². The molecule has 3 amide bonds. The zero-order valence-corrected chi connectivity index (χ0v) is 20.9. The molecule has 2 aromatic carbocycles. The number of carbonyl (C=O) groups is 3. The van der Waals surface area contributed by atoms with Gasteiger partial charge in [0.2, 0.25) is 11.8 Å². The van der Waals surface area contributed by atoms with Crippen LogP contribution in [0.3, 0.4) is 0 Å². The lowest BCUT2D eigenvalue weighted by Gasteiger charge is -2.44. The minimum absolute atomic E-state index is 0.0183. The maximum atomic E-state index is 14.2. The van der Waals surface area contributed by atoms with Crippen LogP contribution in [0.1, 0.15) is 48.7 Å². The summed E-state index contributed by atoms with van der Waals surface area (Å²) in [6, 6.07) is 11.6. The molecule has 0 unspecified atom stereocenters. The fraction of sp³-hybridized carbons (Fsp3) is 0.385. The number of amides is 3. The molecule has 190 valence electrons. The van der Waals surface area contributed by atoms with E-state index < -0.39 is 17.6 Å². The number of rotatable bonds is 10. The molecule has 0 aliphatic heterocycles. The number of fused-ring (bicyclic) bond motifs is 1. The Hall–Kier alpha value is -3.46. The van der Waals surface area contributed by atoms with E-state index in [1.807, 2.05) is 0 Å². The summed E-state index contributed by atoms with van der Waals surface area (Å²) in [5, 5.41) is 7.51. The molecule has 8 nitrogen and oxygen atoms in total. The summed E-state index contributed by atoms with van der Waals surface area (Å²) in [4.78, 5) is 39.7. The standard InChI is InChI=1S/C26H29ClFN5O3/c1-2-26(11-6-12-26)16-32(14-21(34)30-13-17-7-5-9-19(27)23(17)28)22(35)15-33-20-10-4-3-8-18(20)24(31-33)25(29)36/h3-5,7-10H,2,6,11-16H2,1H3,(H2,29,36)(H,30,34). The number of carbonyl (C=O) groups excluding carboxylic acids is 3. The predicted molar refractivity (Wildman–Crippen MR) is 135 cm³/mol.